The van der Waals surface area contributed by atoms with Gasteiger partial charge in [0, 0.05) is 19.5 Å². The van der Waals surface area contributed by atoms with Crippen LogP contribution >= 0.6 is 0 Å². The van der Waals surface area contributed by atoms with Crippen LogP contribution in [0.1, 0.15) is 24.2 Å². The molecule has 0 aromatic carbocycles. The molecule has 6 nitrogen and oxygen atoms in total. The maximum atomic E-state index is 11.8. The van der Waals surface area contributed by atoms with E-state index in [1.54, 1.807) is 19.5 Å². The standard InChI is InChI=1S/C13H20N4O2/c1-10-6-15-11(16-7-10)8-17-5-3-4-13(17,9-19-2)12(14)18/h6-7H,3-5,8-9H2,1-2H3,(H2,14,18). The van der Waals surface area contributed by atoms with Crippen molar-refractivity contribution in [1.29, 1.82) is 0 Å². The molecular formula is C13H20N4O2. The Hall–Kier alpha value is -1.53. The molecule has 19 heavy (non-hydrogen) atoms. The minimum atomic E-state index is -0.719. The lowest BCUT2D eigenvalue weighted by atomic mass is 9.96. The van der Waals surface area contributed by atoms with Crippen LogP contribution in [-0.4, -0.2) is 46.6 Å². The van der Waals surface area contributed by atoms with Crippen molar-refractivity contribution in [3.63, 3.8) is 0 Å². The van der Waals surface area contributed by atoms with E-state index in [9.17, 15) is 4.79 Å². The van der Waals surface area contributed by atoms with Crippen molar-refractivity contribution in [2.45, 2.75) is 31.8 Å². The number of hydrogen-bond acceptors (Lipinski definition) is 5. The minimum absolute atomic E-state index is 0.314. The number of ether oxygens (including phenoxy) is 1. The van der Waals surface area contributed by atoms with Crippen molar-refractivity contribution < 1.29 is 9.53 Å². The SMILES string of the molecule is COCC1(C(N)=O)CCCN1Cc1ncc(C)cn1. The van der Waals surface area contributed by atoms with Gasteiger partial charge in [-0.1, -0.05) is 0 Å². The number of amides is 1. The molecule has 1 unspecified atom stereocenters. The van der Waals surface area contributed by atoms with Gasteiger partial charge in [0.1, 0.15) is 11.4 Å². The average Bonchev–Trinajstić information content (AvgIpc) is 2.77. The van der Waals surface area contributed by atoms with Crippen LogP contribution in [0.2, 0.25) is 0 Å². The molecule has 1 atom stereocenters. The number of likely N-dealkylation sites (tertiary alicyclic amines) is 1. The normalized spacial score (nSPS) is 23.7. The van der Waals surface area contributed by atoms with Gasteiger partial charge in [0.15, 0.2) is 0 Å². The van der Waals surface area contributed by atoms with Crippen LogP contribution in [-0.2, 0) is 16.1 Å². The highest BCUT2D eigenvalue weighted by molar-refractivity contribution is 5.85. The molecule has 0 bridgehead atoms. The molecule has 104 valence electrons. The first kappa shape index (κ1) is 13.9. The molecule has 1 amide bonds. The number of carbonyl (C=O) groups is 1. The lowest BCUT2D eigenvalue weighted by molar-refractivity contribution is -0.132. The Morgan fingerprint density at radius 3 is 2.79 bits per heavy atom. The Morgan fingerprint density at radius 1 is 1.53 bits per heavy atom. The van der Waals surface area contributed by atoms with Crippen LogP contribution in [0.4, 0.5) is 0 Å². The summed E-state index contributed by atoms with van der Waals surface area (Å²) in [6, 6.07) is 0. The van der Waals surface area contributed by atoms with Crippen molar-refractivity contribution in [1.82, 2.24) is 14.9 Å². The zero-order chi connectivity index (χ0) is 13.9. The van der Waals surface area contributed by atoms with Crippen LogP contribution in [0.25, 0.3) is 0 Å². The quantitative estimate of drug-likeness (QED) is 0.824. The number of primary amides is 1. The van der Waals surface area contributed by atoms with Gasteiger partial charge in [-0.3, -0.25) is 9.69 Å². The smallest absolute Gasteiger partial charge is 0.240 e. The highest BCUT2D eigenvalue weighted by Gasteiger charge is 2.46. The van der Waals surface area contributed by atoms with Crippen LogP contribution in [0, 0.1) is 6.92 Å². The van der Waals surface area contributed by atoms with Gasteiger partial charge < -0.3 is 10.5 Å². The molecule has 2 rings (SSSR count). The van der Waals surface area contributed by atoms with Gasteiger partial charge in [0.25, 0.3) is 0 Å². The third kappa shape index (κ3) is 2.74. The Labute approximate surface area is 113 Å². The molecule has 2 heterocycles. The Bertz CT molecular complexity index is 448. The minimum Gasteiger partial charge on any atom is -0.382 e. The summed E-state index contributed by atoms with van der Waals surface area (Å²) in [6.07, 6.45) is 5.21. The van der Waals surface area contributed by atoms with E-state index in [1.165, 1.54) is 0 Å². The van der Waals surface area contributed by atoms with E-state index in [-0.39, 0.29) is 5.91 Å². The fourth-order valence-corrected chi connectivity index (χ4v) is 2.59. The first-order chi connectivity index (χ1) is 9.08. The van der Waals surface area contributed by atoms with Crippen molar-refractivity contribution in [3.8, 4) is 0 Å². The average molecular weight is 264 g/mol. The number of aryl methyl sites for hydroxylation is 1. The molecule has 0 aliphatic carbocycles. The molecule has 1 aromatic rings. The molecule has 0 radical (unpaired) electrons. The Balaban J connectivity index is 2.17. The van der Waals surface area contributed by atoms with Crippen molar-refractivity contribution in [2.75, 3.05) is 20.3 Å². The van der Waals surface area contributed by atoms with E-state index in [4.69, 9.17) is 10.5 Å². The first-order valence-electron chi connectivity index (χ1n) is 6.40. The summed E-state index contributed by atoms with van der Waals surface area (Å²) in [5.41, 5.74) is 5.88. The summed E-state index contributed by atoms with van der Waals surface area (Å²) in [5, 5.41) is 0. The molecule has 1 aromatic heterocycles. The Morgan fingerprint density at radius 2 is 2.21 bits per heavy atom. The van der Waals surface area contributed by atoms with Crippen molar-refractivity contribution >= 4 is 5.91 Å². The number of carbonyl (C=O) groups excluding carboxylic acids is 1. The third-order valence-electron chi connectivity index (χ3n) is 3.63. The predicted molar refractivity (Wildman–Crippen MR) is 70.2 cm³/mol. The lowest BCUT2D eigenvalue weighted by Crippen LogP contribution is -2.56. The van der Waals surface area contributed by atoms with E-state index >= 15 is 0 Å². The molecule has 2 N–H and O–H groups in total. The lowest BCUT2D eigenvalue weighted by Gasteiger charge is -2.34. The number of nitrogens with zero attached hydrogens (tertiary/aromatic N) is 3. The molecular weight excluding hydrogens is 244 g/mol. The van der Waals surface area contributed by atoms with Crippen LogP contribution < -0.4 is 5.73 Å². The second kappa shape index (κ2) is 5.63. The fraction of sp³-hybridized carbons (Fsp3) is 0.615. The first-order valence-corrected chi connectivity index (χ1v) is 6.40. The van der Waals surface area contributed by atoms with E-state index in [0.29, 0.717) is 19.0 Å². The topological polar surface area (TPSA) is 81.3 Å². The van der Waals surface area contributed by atoms with Gasteiger partial charge in [-0.2, -0.15) is 0 Å². The fourth-order valence-electron chi connectivity index (χ4n) is 2.59. The summed E-state index contributed by atoms with van der Waals surface area (Å²) in [7, 11) is 1.59. The highest BCUT2D eigenvalue weighted by atomic mass is 16.5. The van der Waals surface area contributed by atoms with E-state index < -0.39 is 5.54 Å². The molecule has 1 saturated heterocycles. The molecule has 0 spiro atoms. The van der Waals surface area contributed by atoms with Crippen molar-refractivity contribution in [2.24, 2.45) is 5.73 Å². The van der Waals surface area contributed by atoms with E-state index in [1.807, 2.05) is 11.8 Å². The van der Waals surface area contributed by atoms with Crippen molar-refractivity contribution in [3.05, 3.63) is 23.8 Å². The van der Waals surface area contributed by atoms with Gasteiger partial charge in [0.2, 0.25) is 5.91 Å². The number of rotatable bonds is 5. The number of methoxy groups -OCH3 is 1. The maximum absolute atomic E-state index is 11.8. The zero-order valence-electron chi connectivity index (χ0n) is 11.4. The monoisotopic (exact) mass is 264 g/mol. The van der Waals surface area contributed by atoms with Crippen LogP contribution in [0.5, 0.6) is 0 Å². The van der Waals surface area contributed by atoms with Crippen LogP contribution in [0.15, 0.2) is 12.4 Å². The second-order valence-corrected chi connectivity index (χ2v) is 5.03. The predicted octanol–water partition coefficient (Wildman–Crippen LogP) is 0.251. The number of hydrogen-bond donors (Lipinski definition) is 1. The van der Waals surface area contributed by atoms with E-state index in [0.717, 1.165) is 24.9 Å². The van der Waals surface area contributed by atoms with Gasteiger partial charge >= 0.3 is 0 Å². The molecule has 1 aliphatic heterocycles. The van der Waals surface area contributed by atoms with Gasteiger partial charge in [0.05, 0.1) is 13.2 Å². The molecule has 0 saturated carbocycles. The maximum Gasteiger partial charge on any atom is 0.240 e. The summed E-state index contributed by atoms with van der Waals surface area (Å²) >= 11 is 0. The Kier molecular flexibility index (Phi) is 4.11. The number of nitrogens with two attached hydrogens (primary N) is 1. The molecule has 6 heteroatoms. The highest BCUT2D eigenvalue weighted by Crippen LogP contribution is 2.30. The summed E-state index contributed by atoms with van der Waals surface area (Å²) < 4.78 is 5.19. The van der Waals surface area contributed by atoms with Gasteiger partial charge in [-0.15, -0.1) is 0 Å². The summed E-state index contributed by atoms with van der Waals surface area (Å²) in [6.45, 7) is 3.59. The van der Waals surface area contributed by atoms with E-state index in [2.05, 4.69) is 9.97 Å². The largest absolute Gasteiger partial charge is 0.382 e. The zero-order valence-corrected chi connectivity index (χ0v) is 11.4. The molecule has 1 aliphatic rings. The summed E-state index contributed by atoms with van der Waals surface area (Å²) in [4.78, 5) is 22.4. The van der Waals surface area contributed by atoms with Gasteiger partial charge in [-0.05, 0) is 31.9 Å². The van der Waals surface area contributed by atoms with Gasteiger partial charge in [-0.25, -0.2) is 9.97 Å². The third-order valence-corrected chi connectivity index (χ3v) is 3.63. The number of aromatic nitrogens is 2. The second-order valence-electron chi connectivity index (χ2n) is 5.03. The van der Waals surface area contributed by atoms with Crippen LogP contribution in [0.3, 0.4) is 0 Å². The summed E-state index contributed by atoms with van der Waals surface area (Å²) in [5.74, 6) is 0.369. The molecule has 1 fully saturated rings.